The zero-order valence-electron chi connectivity index (χ0n) is 15.9. The maximum atomic E-state index is 2.56. The molecule has 25 heavy (non-hydrogen) atoms. The number of likely N-dealkylation sites (N-methyl/N-ethyl adjacent to an activating group) is 1. The summed E-state index contributed by atoms with van der Waals surface area (Å²) in [5.74, 6) is 0.427. The predicted octanol–water partition coefficient (Wildman–Crippen LogP) is 5.25. The molecule has 0 spiro atoms. The largest absolute Gasteiger partial charge is 0.356 e. The highest BCUT2D eigenvalue weighted by Gasteiger charge is 2.48. The SMILES string of the molecule is CCC(c1ccccc1)C1(Cc2ccccc2)N(C)C=CN1C(C)C. The molecule has 0 amide bonds. The second-order valence-corrected chi connectivity index (χ2v) is 7.32. The van der Waals surface area contributed by atoms with Gasteiger partial charge in [0.1, 0.15) is 5.66 Å². The normalized spacial score (nSPS) is 21.2. The average Bonchev–Trinajstić information content (AvgIpc) is 2.95. The first-order valence-electron chi connectivity index (χ1n) is 9.38. The summed E-state index contributed by atoms with van der Waals surface area (Å²) in [6.45, 7) is 6.90. The fraction of sp³-hybridized carbons (Fsp3) is 0.391. The van der Waals surface area contributed by atoms with Crippen molar-refractivity contribution in [2.24, 2.45) is 0 Å². The van der Waals surface area contributed by atoms with Crippen molar-refractivity contribution in [3.8, 4) is 0 Å². The van der Waals surface area contributed by atoms with E-state index in [1.165, 1.54) is 11.1 Å². The van der Waals surface area contributed by atoms with Gasteiger partial charge in [0.25, 0.3) is 0 Å². The maximum absolute atomic E-state index is 2.56. The molecular weight excluding hydrogens is 304 g/mol. The third-order valence-corrected chi connectivity index (χ3v) is 5.54. The molecule has 0 fully saturated rings. The number of hydrogen-bond acceptors (Lipinski definition) is 2. The summed E-state index contributed by atoms with van der Waals surface area (Å²) in [5, 5.41) is 0. The smallest absolute Gasteiger partial charge is 0.123 e. The molecule has 2 aromatic carbocycles. The first-order chi connectivity index (χ1) is 12.1. The lowest BCUT2D eigenvalue weighted by Crippen LogP contribution is -2.59. The highest BCUT2D eigenvalue weighted by atomic mass is 15.4. The van der Waals surface area contributed by atoms with Crippen LogP contribution in [-0.4, -0.2) is 28.6 Å². The van der Waals surface area contributed by atoms with Crippen molar-refractivity contribution < 1.29 is 0 Å². The summed E-state index contributed by atoms with van der Waals surface area (Å²) in [6.07, 6.45) is 6.63. The summed E-state index contributed by atoms with van der Waals surface area (Å²) >= 11 is 0. The van der Waals surface area contributed by atoms with Crippen LogP contribution in [0.15, 0.2) is 73.1 Å². The molecule has 0 saturated carbocycles. The van der Waals surface area contributed by atoms with Crippen molar-refractivity contribution in [1.29, 1.82) is 0 Å². The standard InChI is InChI=1S/C23H30N2/c1-5-22(21-14-10-7-11-15-21)23(18-20-12-8-6-9-13-20)24(4)16-17-25(23)19(2)3/h6-17,19,22H,5,18H2,1-4H3. The molecule has 1 heterocycles. The minimum Gasteiger partial charge on any atom is -0.356 e. The fourth-order valence-electron chi connectivity index (χ4n) is 4.41. The van der Waals surface area contributed by atoms with E-state index in [2.05, 4.69) is 111 Å². The van der Waals surface area contributed by atoms with Crippen LogP contribution in [0, 0.1) is 0 Å². The third-order valence-electron chi connectivity index (χ3n) is 5.54. The number of benzene rings is 2. The first kappa shape index (κ1) is 17.6. The van der Waals surface area contributed by atoms with Crippen LogP contribution in [0.1, 0.15) is 44.2 Å². The van der Waals surface area contributed by atoms with E-state index in [0.717, 1.165) is 12.8 Å². The minimum absolute atomic E-state index is 0.0778. The van der Waals surface area contributed by atoms with Gasteiger partial charge in [-0.05, 0) is 31.4 Å². The number of rotatable bonds is 6. The summed E-state index contributed by atoms with van der Waals surface area (Å²) in [4.78, 5) is 4.99. The lowest BCUT2D eigenvalue weighted by Gasteiger charge is -2.51. The molecule has 0 aliphatic carbocycles. The quantitative estimate of drug-likeness (QED) is 0.712. The molecule has 0 radical (unpaired) electrons. The van der Waals surface area contributed by atoms with Gasteiger partial charge in [0.15, 0.2) is 0 Å². The molecule has 0 bridgehead atoms. The van der Waals surface area contributed by atoms with Gasteiger partial charge in [-0.15, -0.1) is 0 Å². The second kappa shape index (κ2) is 7.35. The van der Waals surface area contributed by atoms with E-state index in [0.29, 0.717) is 12.0 Å². The van der Waals surface area contributed by atoms with Crippen molar-refractivity contribution in [1.82, 2.24) is 9.80 Å². The summed E-state index contributed by atoms with van der Waals surface area (Å²) in [6, 6.07) is 22.3. The lowest BCUT2D eigenvalue weighted by atomic mass is 9.78. The summed E-state index contributed by atoms with van der Waals surface area (Å²) in [7, 11) is 2.23. The summed E-state index contributed by atoms with van der Waals surface area (Å²) < 4.78 is 0. The van der Waals surface area contributed by atoms with E-state index in [-0.39, 0.29) is 5.66 Å². The van der Waals surface area contributed by atoms with Crippen LogP contribution in [0.25, 0.3) is 0 Å². The van der Waals surface area contributed by atoms with Crippen molar-refractivity contribution >= 4 is 0 Å². The van der Waals surface area contributed by atoms with Crippen molar-refractivity contribution in [3.05, 3.63) is 84.2 Å². The van der Waals surface area contributed by atoms with Gasteiger partial charge in [0.05, 0.1) is 0 Å². The molecule has 1 aliphatic rings. The number of hydrogen-bond donors (Lipinski definition) is 0. The van der Waals surface area contributed by atoms with Crippen LogP contribution in [-0.2, 0) is 6.42 Å². The molecular formula is C23H30N2. The van der Waals surface area contributed by atoms with Gasteiger partial charge in [-0.3, -0.25) is 0 Å². The highest BCUT2D eigenvalue weighted by molar-refractivity contribution is 5.30. The molecule has 1 aliphatic heterocycles. The van der Waals surface area contributed by atoms with Crippen LogP contribution >= 0.6 is 0 Å². The van der Waals surface area contributed by atoms with Crippen molar-refractivity contribution in [3.63, 3.8) is 0 Å². The molecule has 2 atom stereocenters. The van der Waals surface area contributed by atoms with Crippen LogP contribution in [0.2, 0.25) is 0 Å². The topological polar surface area (TPSA) is 6.48 Å². The monoisotopic (exact) mass is 334 g/mol. The van der Waals surface area contributed by atoms with Crippen molar-refractivity contribution in [2.75, 3.05) is 7.05 Å². The van der Waals surface area contributed by atoms with Crippen LogP contribution in [0.5, 0.6) is 0 Å². The van der Waals surface area contributed by atoms with Crippen LogP contribution in [0.4, 0.5) is 0 Å². The van der Waals surface area contributed by atoms with Gasteiger partial charge in [0.2, 0.25) is 0 Å². The van der Waals surface area contributed by atoms with Gasteiger partial charge in [-0.1, -0.05) is 67.6 Å². The fourth-order valence-corrected chi connectivity index (χ4v) is 4.41. The van der Waals surface area contributed by atoms with E-state index in [1.807, 2.05) is 0 Å². The predicted molar refractivity (Wildman–Crippen MR) is 106 cm³/mol. The van der Waals surface area contributed by atoms with E-state index in [9.17, 15) is 0 Å². The maximum Gasteiger partial charge on any atom is 0.123 e. The molecule has 2 heteroatoms. The molecule has 3 rings (SSSR count). The number of nitrogens with zero attached hydrogens (tertiary/aromatic N) is 2. The van der Waals surface area contributed by atoms with Gasteiger partial charge < -0.3 is 9.80 Å². The van der Waals surface area contributed by atoms with E-state index >= 15 is 0 Å². The van der Waals surface area contributed by atoms with Gasteiger partial charge in [0, 0.05) is 37.8 Å². The Hall–Kier alpha value is -2.22. The van der Waals surface area contributed by atoms with Gasteiger partial charge in [-0.2, -0.15) is 0 Å². The molecule has 2 unspecified atom stereocenters. The Labute approximate surface area is 152 Å². The molecule has 2 nitrogen and oxygen atoms in total. The van der Waals surface area contributed by atoms with E-state index in [4.69, 9.17) is 0 Å². The van der Waals surface area contributed by atoms with Gasteiger partial charge in [-0.25, -0.2) is 0 Å². The Balaban J connectivity index is 2.11. The van der Waals surface area contributed by atoms with E-state index < -0.39 is 0 Å². The highest BCUT2D eigenvalue weighted by Crippen LogP contribution is 2.44. The molecule has 132 valence electrons. The zero-order valence-corrected chi connectivity index (χ0v) is 15.9. The molecule has 0 N–H and O–H groups in total. The summed E-state index contributed by atoms with van der Waals surface area (Å²) in [5.41, 5.74) is 2.73. The van der Waals surface area contributed by atoms with Crippen LogP contribution in [0.3, 0.4) is 0 Å². The average molecular weight is 335 g/mol. The second-order valence-electron chi connectivity index (χ2n) is 7.32. The molecule has 0 aromatic heterocycles. The van der Waals surface area contributed by atoms with Crippen LogP contribution < -0.4 is 0 Å². The third kappa shape index (κ3) is 3.18. The zero-order chi connectivity index (χ0) is 17.9. The molecule has 0 saturated heterocycles. The minimum atomic E-state index is -0.0778. The first-order valence-corrected chi connectivity index (χ1v) is 9.38. The van der Waals surface area contributed by atoms with Crippen molar-refractivity contribution in [2.45, 2.75) is 51.2 Å². The Bertz CT molecular complexity index is 693. The van der Waals surface area contributed by atoms with E-state index in [1.54, 1.807) is 0 Å². The van der Waals surface area contributed by atoms with Gasteiger partial charge >= 0.3 is 0 Å². The Morgan fingerprint density at radius 3 is 2.04 bits per heavy atom. The molecule has 2 aromatic rings. The Morgan fingerprint density at radius 2 is 1.48 bits per heavy atom. The Morgan fingerprint density at radius 1 is 0.880 bits per heavy atom. The lowest BCUT2D eigenvalue weighted by molar-refractivity contribution is -0.00475. The Kier molecular flexibility index (Phi) is 5.17.